The lowest BCUT2D eigenvalue weighted by Crippen LogP contribution is -2.20. The van der Waals surface area contributed by atoms with Crippen LogP contribution in [0.1, 0.15) is 49.6 Å². The van der Waals surface area contributed by atoms with E-state index in [-0.39, 0.29) is 6.04 Å². The predicted molar refractivity (Wildman–Crippen MR) is 97.6 cm³/mol. The Kier molecular flexibility index (Phi) is 7.07. The number of hydrogen-bond acceptors (Lipinski definition) is 4. The van der Waals surface area contributed by atoms with Crippen LogP contribution < -0.4 is 14.8 Å². The second-order valence-corrected chi connectivity index (χ2v) is 5.96. The van der Waals surface area contributed by atoms with Crippen molar-refractivity contribution in [3.63, 3.8) is 0 Å². The number of unbranched alkanes of at least 4 members (excludes halogenated alkanes) is 1. The van der Waals surface area contributed by atoms with Crippen LogP contribution in [0, 0.1) is 6.92 Å². The average Bonchev–Trinajstić information content (AvgIpc) is 2.60. The normalized spacial score (nSPS) is 12.0. The van der Waals surface area contributed by atoms with Gasteiger partial charge in [-0.15, -0.1) is 0 Å². The number of methoxy groups -OCH3 is 1. The fourth-order valence-electron chi connectivity index (χ4n) is 2.65. The summed E-state index contributed by atoms with van der Waals surface area (Å²) in [6.07, 6.45) is 3.98. The maximum absolute atomic E-state index is 5.98. The minimum absolute atomic E-state index is 0.167. The number of benzene rings is 1. The Hall–Kier alpha value is -2.07. The van der Waals surface area contributed by atoms with Crippen molar-refractivity contribution in [2.45, 2.75) is 46.2 Å². The van der Waals surface area contributed by atoms with E-state index in [4.69, 9.17) is 9.47 Å². The number of rotatable bonds is 9. The van der Waals surface area contributed by atoms with Crippen molar-refractivity contribution in [3.8, 4) is 11.5 Å². The summed E-state index contributed by atoms with van der Waals surface area (Å²) in [4.78, 5) is 4.49. The first-order valence-electron chi connectivity index (χ1n) is 8.61. The summed E-state index contributed by atoms with van der Waals surface area (Å²) in [6, 6.07) is 10.2. The van der Waals surface area contributed by atoms with Gasteiger partial charge in [0.05, 0.1) is 19.4 Å². The molecule has 1 atom stereocenters. The second-order valence-electron chi connectivity index (χ2n) is 5.96. The molecule has 0 spiro atoms. The summed E-state index contributed by atoms with van der Waals surface area (Å²) in [5.74, 6) is 1.62. The van der Waals surface area contributed by atoms with E-state index >= 15 is 0 Å². The Morgan fingerprint density at radius 1 is 1.21 bits per heavy atom. The van der Waals surface area contributed by atoms with Crippen LogP contribution in [0.3, 0.4) is 0 Å². The molecule has 0 aliphatic carbocycles. The molecule has 130 valence electrons. The molecule has 0 aliphatic rings. The summed E-state index contributed by atoms with van der Waals surface area (Å²) < 4.78 is 11.4. The third kappa shape index (κ3) is 4.71. The topological polar surface area (TPSA) is 43.4 Å². The summed E-state index contributed by atoms with van der Waals surface area (Å²) in [5, 5.41) is 3.54. The average molecular weight is 328 g/mol. The first kappa shape index (κ1) is 18.3. The zero-order valence-corrected chi connectivity index (χ0v) is 15.1. The second kappa shape index (κ2) is 9.28. The number of nitrogens with one attached hydrogen (secondary N) is 1. The minimum atomic E-state index is 0.167. The van der Waals surface area contributed by atoms with E-state index in [0.717, 1.165) is 35.6 Å². The number of aryl methyl sites for hydroxylation is 1. The highest BCUT2D eigenvalue weighted by molar-refractivity contribution is 5.46. The van der Waals surface area contributed by atoms with Crippen LogP contribution in [0.2, 0.25) is 0 Å². The number of pyridine rings is 1. The van der Waals surface area contributed by atoms with Crippen molar-refractivity contribution < 1.29 is 9.47 Å². The molecule has 0 amide bonds. The maximum Gasteiger partial charge on any atom is 0.165 e. The van der Waals surface area contributed by atoms with Gasteiger partial charge in [0, 0.05) is 24.3 Å². The maximum atomic E-state index is 5.98. The Morgan fingerprint density at radius 2 is 2.04 bits per heavy atom. The number of para-hydroxylation sites is 1. The highest BCUT2D eigenvalue weighted by Crippen LogP contribution is 2.31. The molecule has 0 fully saturated rings. The molecule has 1 aromatic heterocycles. The number of hydrogen-bond donors (Lipinski definition) is 1. The Balaban J connectivity index is 2.09. The number of ether oxygens (including phenoxy) is 2. The summed E-state index contributed by atoms with van der Waals surface area (Å²) in [7, 11) is 1.68. The largest absolute Gasteiger partial charge is 0.493 e. The smallest absolute Gasteiger partial charge is 0.165 e. The van der Waals surface area contributed by atoms with Crippen molar-refractivity contribution in [2.24, 2.45) is 0 Å². The SMILES string of the molecule is CCCCOc1c(CN[C@H](C)c2ncccc2C)cccc1OC. The van der Waals surface area contributed by atoms with E-state index in [1.165, 1.54) is 5.56 Å². The van der Waals surface area contributed by atoms with Crippen LogP contribution in [-0.4, -0.2) is 18.7 Å². The molecule has 4 heteroatoms. The van der Waals surface area contributed by atoms with E-state index in [9.17, 15) is 0 Å². The fraction of sp³-hybridized carbons (Fsp3) is 0.450. The third-order valence-corrected chi connectivity index (χ3v) is 4.08. The molecule has 24 heavy (non-hydrogen) atoms. The van der Waals surface area contributed by atoms with Gasteiger partial charge in [-0.25, -0.2) is 0 Å². The van der Waals surface area contributed by atoms with Gasteiger partial charge in [0.1, 0.15) is 0 Å². The quantitative estimate of drug-likeness (QED) is 0.692. The molecule has 0 unspecified atom stereocenters. The van der Waals surface area contributed by atoms with Crippen molar-refractivity contribution in [2.75, 3.05) is 13.7 Å². The molecule has 4 nitrogen and oxygen atoms in total. The molecule has 0 radical (unpaired) electrons. The zero-order valence-electron chi connectivity index (χ0n) is 15.1. The molecule has 0 saturated carbocycles. The summed E-state index contributed by atoms with van der Waals surface area (Å²) in [6.45, 7) is 7.79. The van der Waals surface area contributed by atoms with Gasteiger partial charge < -0.3 is 14.8 Å². The van der Waals surface area contributed by atoms with Gasteiger partial charge in [0.25, 0.3) is 0 Å². The molecule has 2 aromatic rings. The van der Waals surface area contributed by atoms with Crippen LogP contribution in [0.15, 0.2) is 36.5 Å². The lowest BCUT2D eigenvalue weighted by atomic mass is 10.1. The fourth-order valence-corrected chi connectivity index (χ4v) is 2.65. The predicted octanol–water partition coefficient (Wildman–Crippen LogP) is 4.43. The van der Waals surface area contributed by atoms with Crippen molar-refractivity contribution in [1.29, 1.82) is 0 Å². The van der Waals surface area contributed by atoms with Crippen LogP contribution >= 0.6 is 0 Å². The van der Waals surface area contributed by atoms with Crippen LogP contribution in [0.25, 0.3) is 0 Å². The summed E-state index contributed by atoms with van der Waals surface area (Å²) in [5.41, 5.74) is 3.38. The van der Waals surface area contributed by atoms with E-state index in [1.807, 2.05) is 24.4 Å². The minimum Gasteiger partial charge on any atom is -0.493 e. The Morgan fingerprint density at radius 3 is 2.75 bits per heavy atom. The Labute approximate surface area is 145 Å². The highest BCUT2D eigenvalue weighted by Gasteiger charge is 2.13. The molecule has 0 saturated heterocycles. The van der Waals surface area contributed by atoms with Crippen molar-refractivity contribution in [3.05, 3.63) is 53.3 Å². The number of aromatic nitrogens is 1. The van der Waals surface area contributed by atoms with Crippen LogP contribution in [0.5, 0.6) is 11.5 Å². The van der Waals surface area contributed by atoms with E-state index in [1.54, 1.807) is 7.11 Å². The lowest BCUT2D eigenvalue weighted by Gasteiger charge is -2.18. The van der Waals surface area contributed by atoms with Crippen LogP contribution in [-0.2, 0) is 6.54 Å². The van der Waals surface area contributed by atoms with Gasteiger partial charge in [-0.2, -0.15) is 0 Å². The highest BCUT2D eigenvalue weighted by atomic mass is 16.5. The Bertz CT molecular complexity index is 643. The first-order valence-corrected chi connectivity index (χ1v) is 8.61. The van der Waals surface area contributed by atoms with Gasteiger partial charge in [-0.1, -0.05) is 31.5 Å². The molecule has 1 N–H and O–H groups in total. The van der Waals surface area contributed by atoms with Gasteiger partial charge in [0.2, 0.25) is 0 Å². The molecule has 1 heterocycles. The molecular weight excluding hydrogens is 300 g/mol. The molecule has 0 bridgehead atoms. The first-order chi connectivity index (χ1) is 11.7. The van der Waals surface area contributed by atoms with E-state index in [0.29, 0.717) is 13.2 Å². The standard InChI is InChI=1S/C20H28N2O2/c1-5-6-13-24-20-17(10-7-11-18(20)23-4)14-22-16(3)19-15(2)9-8-12-21-19/h7-12,16,22H,5-6,13-14H2,1-4H3/t16-/m1/s1. The third-order valence-electron chi connectivity index (χ3n) is 4.08. The molecule has 2 rings (SSSR count). The zero-order chi connectivity index (χ0) is 17.4. The van der Waals surface area contributed by atoms with Gasteiger partial charge in [0.15, 0.2) is 11.5 Å². The monoisotopic (exact) mass is 328 g/mol. The molecular formula is C20H28N2O2. The van der Waals surface area contributed by atoms with Crippen LogP contribution in [0.4, 0.5) is 0 Å². The van der Waals surface area contributed by atoms with E-state index < -0.39 is 0 Å². The lowest BCUT2D eigenvalue weighted by molar-refractivity contribution is 0.284. The van der Waals surface area contributed by atoms with Crippen molar-refractivity contribution >= 4 is 0 Å². The van der Waals surface area contributed by atoms with Gasteiger partial charge >= 0.3 is 0 Å². The van der Waals surface area contributed by atoms with Crippen molar-refractivity contribution in [1.82, 2.24) is 10.3 Å². The van der Waals surface area contributed by atoms with E-state index in [2.05, 4.69) is 43.2 Å². The summed E-state index contributed by atoms with van der Waals surface area (Å²) >= 11 is 0. The van der Waals surface area contributed by atoms with Gasteiger partial charge in [-0.05, 0) is 38.0 Å². The molecule has 1 aromatic carbocycles. The molecule has 0 aliphatic heterocycles. The van der Waals surface area contributed by atoms with Gasteiger partial charge in [-0.3, -0.25) is 4.98 Å². The number of nitrogens with zero attached hydrogens (tertiary/aromatic N) is 1.